The van der Waals surface area contributed by atoms with Crippen molar-refractivity contribution < 1.29 is 17.9 Å². The van der Waals surface area contributed by atoms with E-state index in [0.717, 1.165) is 9.87 Å². The summed E-state index contributed by atoms with van der Waals surface area (Å²) < 4.78 is 31.2. The normalized spacial score (nSPS) is 15.4. The summed E-state index contributed by atoms with van der Waals surface area (Å²) >= 11 is 6.07. The van der Waals surface area contributed by atoms with Crippen LogP contribution in [0.3, 0.4) is 0 Å². The molecule has 0 bridgehead atoms. The highest BCUT2D eigenvalue weighted by atomic mass is 35.5. The fourth-order valence-corrected chi connectivity index (χ4v) is 4.07. The quantitative estimate of drug-likeness (QED) is 0.795. The Hall–Kier alpha value is -2.09. The summed E-state index contributed by atoms with van der Waals surface area (Å²) in [5, 5.41) is 3.42. The first-order chi connectivity index (χ1) is 12.7. The molecule has 6 nitrogen and oxygen atoms in total. The Bertz CT molecular complexity index is 985. The molecule has 0 heterocycles. The number of nitrogens with zero attached hydrogens (tertiary/aromatic N) is 1. The number of hydrogen-bond donors (Lipinski definition) is 1. The van der Waals surface area contributed by atoms with Crippen LogP contribution in [0.5, 0.6) is 5.75 Å². The molecule has 8 heteroatoms. The van der Waals surface area contributed by atoms with E-state index in [1.54, 1.807) is 12.1 Å². The van der Waals surface area contributed by atoms with Crippen LogP contribution in [-0.2, 0) is 20.2 Å². The van der Waals surface area contributed by atoms with Gasteiger partial charge in [-0.1, -0.05) is 23.7 Å². The number of ether oxygens (including phenoxy) is 1. The third-order valence-corrected chi connectivity index (χ3v) is 6.81. The van der Waals surface area contributed by atoms with Crippen LogP contribution in [0.25, 0.3) is 0 Å². The fraction of sp³-hybridized carbons (Fsp3) is 0.316. The second-order valence-corrected chi connectivity index (χ2v) is 9.28. The monoisotopic (exact) mass is 408 g/mol. The SMILES string of the molecule is COc1ccc(S(=O)(=O)N(C)C)cc1NC(=O)C1(c2cccc(Cl)c2)CC1. The van der Waals surface area contributed by atoms with E-state index in [2.05, 4.69) is 5.32 Å². The number of nitrogens with one attached hydrogen (secondary N) is 1. The lowest BCUT2D eigenvalue weighted by molar-refractivity contribution is -0.118. The van der Waals surface area contributed by atoms with Crippen molar-refractivity contribution in [2.24, 2.45) is 0 Å². The van der Waals surface area contributed by atoms with Crippen LogP contribution >= 0.6 is 11.6 Å². The molecular formula is C19H21ClN2O4S. The molecule has 1 saturated carbocycles. The smallest absolute Gasteiger partial charge is 0.242 e. The van der Waals surface area contributed by atoms with Gasteiger partial charge in [-0.05, 0) is 48.7 Å². The van der Waals surface area contributed by atoms with Gasteiger partial charge in [0.1, 0.15) is 5.75 Å². The minimum absolute atomic E-state index is 0.0798. The molecule has 144 valence electrons. The Labute approximate surface area is 164 Å². The number of rotatable bonds is 6. The van der Waals surface area contributed by atoms with Gasteiger partial charge in [-0.2, -0.15) is 0 Å². The van der Waals surface area contributed by atoms with Crippen LogP contribution in [0.4, 0.5) is 5.69 Å². The van der Waals surface area contributed by atoms with Crippen molar-refractivity contribution in [1.82, 2.24) is 4.31 Å². The molecule has 0 aliphatic heterocycles. The number of benzene rings is 2. The van der Waals surface area contributed by atoms with E-state index in [9.17, 15) is 13.2 Å². The van der Waals surface area contributed by atoms with E-state index in [-0.39, 0.29) is 10.8 Å². The predicted octanol–water partition coefficient (Wildman–Crippen LogP) is 3.27. The summed E-state index contributed by atoms with van der Waals surface area (Å²) in [4.78, 5) is 13.1. The number of anilines is 1. The first-order valence-corrected chi connectivity index (χ1v) is 10.2. The van der Waals surface area contributed by atoms with Crippen molar-refractivity contribution in [2.45, 2.75) is 23.2 Å². The molecule has 1 fully saturated rings. The molecule has 27 heavy (non-hydrogen) atoms. The van der Waals surface area contributed by atoms with Crippen LogP contribution in [-0.4, -0.2) is 39.8 Å². The molecule has 2 aromatic carbocycles. The number of carbonyl (C=O) groups excluding carboxylic acids is 1. The number of halogens is 1. The first kappa shape index (κ1) is 19.7. The number of methoxy groups -OCH3 is 1. The molecule has 0 radical (unpaired) electrons. The van der Waals surface area contributed by atoms with Crippen molar-refractivity contribution in [3.63, 3.8) is 0 Å². The minimum atomic E-state index is -3.63. The number of amides is 1. The zero-order chi connectivity index (χ0) is 19.8. The number of carbonyl (C=O) groups is 1. The summed E-state index contributed by atoms with van der Waals surface area (Å²) in [6.07, 6.45) is 1.41. The average Bonchev–Trinajstić information content (AvgIpc) is 3.43. The largest absolute Gasteiger partial charge is 0.495 e. The van der Waals surface area contributed by atoms with Gasteiger partial charge >= 0.3 is 0 Å². The second kappa shape index (κ2) is 7.14. The highest BCUT2D eigenvalue weighted by Crippen LogP contribution is 2.49. The summed E-state index contributed by atoms with van der Waals surface area (Å²) in [7, 11) is 0.748. The summed E-state index contributed by atoms with van der Waals surface area (Å²) in [6, 6.07) is 11.6. The Morgan fingerprint density at radius 1 is 1.19 bits per heavy atom. The van der Waals surface area contributed by atoms with Crippen LogP contribution in [0, 0.1) is 0 Å². The highest BCUT2D eigenvalue weighted by molar-refractivity contribution is 7.89. The minimum Gasteiger partial charge on any atom is -0.495 e. The molecule has 1 N–H and O–H groups in total. The van der Waals surface area contributed by atoms with Gasteiger partial charge in [0, 0.05) is 19.1 Å². The van der Waals surface area contributed by atoms with Crippen molar-refractivity contribution in [2.75, 3.05) is 26.5 Å². The third kappa shape index (κ3) is 3.67. The van der Waals surface area contributed by atoms with E-state index < -0.39 is 15.4 Å². The standard InChI is InChI=1S/C19H21ClN2O4S/c1-22(2)27(24,25)15-7-8-17(26-3)16(12-15)21-18(23)19(9-10-19)13-5-4-6-14(20)11-13/h4-8,11-12H,9-10H2,1-3H3,(H,21,23). The van der Waals surface area contributed by atoms with Gasteiger partial charge in [0.05, 0.1) is 23.1 Å². The van der Waals surface area contributed by atoms with E-state index in [1.165, 1.54) is 39.4 Å². The zero-order valence-corrected chi connectivity index (χ0v) is 16.9. The van der Waals surface area contributed by atoms with Gasteiger partial charge in [-0.15, -0.1) is 0 Å². The van der Waals surface area contributed by atoms with Crippen molar-refractivity contribution >= 4 is 33.2 Å². The molecule has 0 saturated heterocycles. The number of sulfonamides is 1. The average molecular weight is 409 g/mol. The molecule has 1 amide bonds. The van der Waals surface area contributed by atoms with Crippen LogP contribution in [0.1, 0.15) is 18.4 Å². The Kier molecular flexibility index (Phi) is 5.20. The Balaban J connectivity index is 1.94. The van der Waals surface area contributed by atoms with Gasteiger partial charge in [-0.25, -0.2) is 12.7 Å². The van der Waals surface area contributed by atoms with E-state index in [1.807, 2.05) is 12.1 Å². The van der Waals surface area contributed by atoms with E-state index >= 15 is 0 Å². The Morgan fingerprint density at radius 2 is 1.89 bits per heavy atom. The van der Waals surface area contributed by atoms with Gasteiger partial charge in [0.25, 0.3) is 0 Å². The lowest BCUT2D eigenvalue weighted by Gasteiger charge is -2.19. The summed E-state index contributed by atoms with van der Waals surface area (Å²) in [5.74, 6) is 0.186. The van der Waals surface area contributed by atoms with Gasteiger partial charge in [-0.3, -0.25) is 4.79 Å². The molecule has 0 unspecified atom stereocenters. The molecule has 0 atom stereocenters. The van der Waals surface area contributed by atoms with Gasteiger partial charge < -0.3 is 10.1 Å². The number of hydrogen-bond acceptors (Lipinski definition) is 4. The molecule has 2 aromatic rings. The lowest BCUT2D eigenvalue weighted by atomic mass is 9.95. The maximum Gasteiger partial charge on any atom is 0.242 e. The zero-order valence-electron chi connectivity index (χ0n) is 15.3. The highest BCUT2D eigenvalue weighted by Gasteiger charge is 2.51. The van der Waals surface area contributed by atoms with Crippen molar-refractivity contribution in [3.8, 4) is 5.75 Å². The molecule has 0 spiro atoms. The molecule has 1 aliphatic carbocycles. The third-order valence-electron chi connectivity index (χ3n) is 4.76. The topological polar surface area (TPSA) is 75.7 Å². The summed E-state index contributed by atoms with van der Waals surface area (Å²) in [5.41, 5.74) is 0.522. The van der Waals surface area contributed by atoms with Crippen LogP contribution in [0.2, 0.25) is 5.02 Å². The summed E-state index contributed by atoms with van der Waals surface area (Å²) in [6.45, 7) is 0. The fourth-order valence-electron chi connectivity index (χ4n) is 2.96. The maximum atomic E-state index is 13.0. The maximum absolute atomic E-state index is 13.0. The first-order valence-electron chi connectivity index (χ1n) is 8.39. The molecular weight excluding hydrogens is 388 g/mol. The van der Waals surface area contributed by atoms with Crippen molar-refractivity contribution in [3.05, 3.63) is 53.1 Å². The van der Waals surface area contributed by atoms with Gasteiger partial charge in [0.15, 0.2) is 0 Å². The Morgan fingerprint density at radius 3 is 2.44 bits per heavy atom. The molecule has 1 aliphatic rings. The predicted molar refractivity (Wildman–Crippen MR) is 105 cm³/mol. The van der Waals surface area contributed by atoms with Crippen LogP contribution in [0.15, 0.2) is 47.4 Å². The van der Waals surface area contributed by atoms with Crippen LogP contribution < -0.4 is 10.1 Å². The molecule has 3 rings (SSSR count). The van der Waals surface area contributed by atoms with Crippen molar-refractivity contribution in [1.29, 1.82) is 0 Å². The van der Waals surface area contributed by atoms with Gasteiger partial charge in [0.2, 0.25) is 15.9 Å². The molecule has 0 aromatic heterocycles. The van der Waals surface area contributed by atoms with E-state index in [4.69, 9.17) is 16.3 Å². The van der Waals surface area contributed by atoms with E-state index in [0.29, 0.717) is 29.3 Å². The lowest BCUT2D eigenvalue weighted by Crippen LogP contribution is -2.28. The second-order valence-electron chi connectivity index (χ2n) is 6.70.